The number of Topliss-reactive ketones (excluding diaryl/α,β-unsaturated/α-hetero) is 1. The molecule has 0 fully saturated rings. The van der Waals surface area contributed by atoms with Crippen LogP contribution in [0.3, 0.4) is 0 Å². The van der Waals surface area contributed by atoms with Gasteiger partial charge in [-0.25, -0.2) is 8.78 Å². The van der Waals surface area contributed by atoms with Gasteiger partial charge in [0.25, 0.3) is 0 Å². The van der Waals surface area contributed by atoms with Crippen molar-refractivity contribution >= 4 is 5.78 Å². The molecule has 0 bridgehead atoms. The molecule has 76 valence electrons. The molecule has 2 nitrogen and oxygen atoms in total. The first kappa shape index (κ1) is 10.6. The molecule has 0 aliphatic heterocycles. The molecule has 4 heteroatoms. The number of ketones is 1. The second-order valence-corrected chi connectivity index (χ2v) is 2.74. The lowest BCUT2D eigenvalue weighted by molar-refractivity contribution is 0.101. The van der Waals surface area contributed by atoms with E-state index >= 15 is 0 Å². The van der Waals surface area contributed by atoms with Crippen LogP contribution in [-0.4, -0.2) is 19.1 Å². The van der Waals surface area contributed by atoms with Gasteiger partial charge in [0.15, 0.2) is 5.78 Å². The van der Waals surface area contributed by atoms with Crippen LogP contribution in [0.25, 0.3) is 0 Å². The Balaban J connectivity index is 2.83. The first-order valence-corrected chi connectivity index (χ1v) is 4.14. The molecule has 0 N–H and O–H groups in total. The molecule has 0 radical (unpaired) electrons. The zero-order chi connectivity index (χ0) is 10.6. The molecule has 0 aromatic heterocycles. The van der Waals surface area contributed by atoms with Gasteiger partial charge in [0.1, 0.15) is 24.8 Å². The second kappa shape index (κ2) is 4.69. The van der Waals surface area contributed by atoms with Crippen LogP contribution in [0.4, 0.5) is 8.78 Å². The molecule has 1 aromatic rings. The Kier molecular flexibility index (Phi) is 3.56. The van der Waals surface area contributed by atoms with Gasteiger partial charge in [-0.3, -0.25) is 4.79 Å². The molecule has 0 saturated carbocycles. The summed E-state index contributed by atoms with van der Waals surface area (Å²) in [6.07, 6.45) is 0. The maximum Gasteiger partial charge on any atom is 0.162 e. The van der Waals surface area contributed by atoms with Gasteiger partial charge in [-0.1, -0.05) is 0 Å². The lowest BCUT2D eigenvalue weighted by Gasteiger charge is -2.04. The Morgan fingerprint density at radius 1 is 1.50 bits per heavy atom. The van der Waals surface area contributed by atoms with Gasteiger partial charge in [0, 0.05) is 6.07 Å². The quantitative estimate of drug-likeness (QED) is 0.697. The number of carbonyl (C=O) groups is 1. The van der Waals surface area contributed by atoms with Crippen molar-refractivity contribution in [3.05, 3.63) is 29.6 Å². The topological polar surface area (TPSA) is 26.3 Å². The van der Waals surface area contributed by atoms with Gasteiger partial charge < -0.3 is 4.74 Å². The number of rotatable bonds is 4. The minimum atomic E-state index is -0.645. The normalized spacial score (nSPS) is 9.93. The lowest BCUT2D eigenvalue weighted by atomic mass is 10.1. The highest BCUT2D eigenvalue weighted by Gasteiger charge is 2.07. The SMILES string of the molecule is CC(=O)c1ccc(OCCF)cc1F. The third-order valence-electron chi connectivity index (χ3n) is 1.67. The predicted octanol–water partition coefficient (Wildman–Crippen LogP) is 2.38. The highest BCUT2D eigenvalue weighted by atomic mass is 19.1. The van der Waals surface area contributed by atoms with Crippen LogP contribution in [0.15, 0.2) is 18.2 Å². The fourth-order valence-electron chi connectivity index (χ4n) is 1.03. The van der Waals surface area contributed by atoms with Gasteiger partial charge >= 0.3 is 0 Å². The summed E-state index contributed by atoms with van der Waals surface area (Å²) < 4.78 is 29.7. The van der Waals surface area contributed by atoms with Crippen LogP contribution in [-0.2, 0) is 0 Å². The first-order chi connectivity index (χ1) is 6.65. The third-order valence-corrected chi connectivity index (χ3v) is 1.67. The zero-order valence-corrected chi connectivity index (χ0v) is 7.72. The van der Waals surface area contributed by atoms with Crippen molar-refractivity contribution in [2.24, 2.45) is 0 Å². The van der Waals surface area contributed by atoms with Crippen LogP contribution in [0, 0.1) is 5.82 Å². The lowest BCUT2D eigenvalue weighted by Crippen LogP contribution is -2.01. The van der Waals surface area contributed by atoms with E-state index in [1.807, 2.05) is 0 Å². The van der Waals surface area contributed by atoms with Crippen molar-refractivity contribution in [2.75, 3.05) is 13.3 Å². The number of benzene rings is 1. The van der Waals surface area contributed by atoms with E-state index in [-0.39, 0.29) is 23.7 Å². The Bertz CT molecular complexity index is 337. The van der Waals surface area contributed by atoms with E-state index in [1.165, 1.54) is 19.1 Å². The number of halogens is 2. The standard InChI is InChI=1S/C10H10F2O2/c1-7(13)9-3-2-8(6-10(9)12)14-5-4-11/h2-3,6H,4-5H2,1H3. The smallest absolute Gasteiger partial charge is 0.162 e. The summed E-state index contributed by atoms with van der Waals surface area (Å²) in [6, 6.07) is 3.84. The maximum absolute atomic E-state index is 13.1. The van der Waals surface area contributed by atoms with Crippen molar-refractivity contribution in [2.45, 2.75) is 6.92 Å². The Morgan fingerprint density at radius 2 is 2.21 bits per heavy atom. The summed E-state index contributed by atoms with van der Waals surface area (Å²) in [4.78, 5) is 10.9. The third kappa shape index (κ3) is 2.52. The van der Waals surface area contributed by atoms with E-state index in [2.05, 4.69) is 0 Å². The predicted molar refractivity (Wildman–Crippen MR) is 47.9 cm³/mol. The summed E-state index contributed by atoms with van der Waals surface area (Å²) in [6.45, 7) is 0.537. The van der Waals surface area contributed by atoms with Crippen LogP contribution in [0.5, 0.6) is 5.75 Å². The number of ether oxygens (including phenoxy) is 1. The molecule has 0 saturated heterocycles. The number of hydrogen-bond donors (Lipinski definition) is 0. The molecule has 1 aromatic carbocycles. The molecule has 0 aliphatic rings. The molecule has 0 amide bonds. The summed E-state index contributed by atoms with van der Waals surface area (Å²) in [5.41, 5.74) is 0.0117. The molecular formula is C10H10F2O2. The molecule has 0 aliphatic carbocycles. The summed E-state index contributed by atoms with van der Waals surface area (Å²) in [5.74, 6) is -0.765. The maximum atomic E-state index is 13.1. The summed E-state index contributed by atoms with van der Waals surface area (Å²) in [7, 11) is 0. The average molecular weight is 200 g/mol. The molecule has 0 spiro atoms. The Labute approximate surface area is 80.5 Å². The summed E-state index contributed by atoms with van der Waals surface area (Å²) >= 11 is 0. The van der Waals surface area contributed by atoms with Crippen molar-refractivity contribution in [3.63, 3.8) is 0 Å². The molecule has 1 rings (SSSR count). The van der Waals surface area contributed by atoms with Gasteiger partial charge in [0.05, 0.1) is 5.56 Å². The monoisotopic (exact) mass is 200 g/mol. The highest BCUT2D eigenvalue weighted by molar-refractivity contribution is 5.94. The van der Waals surface area contributed by atoms with Gasteiger partial charge in [-0.05, 0) is 19.1 Å². The molecular weight excluding hydrogens is 190 g/mol. The Hall–Kier alpha value is -1.45. The fourth-order valence-corrected chi connectivity index (χ4v) is 1.03. The van der Waals surface area contributed by atoms with E-state index < -0.39 is 12.5 Å². The van der Waals surface area contributed by atoms with Crippen LogP contribution in [0.1, 0.15) is 17.3 Å². The minimum Gasteiger partial charge on any atom is -0.491 e. The van der Waals surface area contributed by atoms with Crippen molar-refractivity contribution in [1.82, 2.24) is 0 Å². The number of carbonyl (C=O) groups excluding carboxylic acids is 1. The van der Waals surface area contributed by atoms with E-state index in [0.29, 0.717) is 0 Å². The largest absolute Gasteiger partial charge is 0.491 e. The van der Waals surface area contributed by atoms with Crippen molar-refractivity contribution in [3.8, 4) is 5.75 Å². The molecule has 14 heavy (non-hydrogen) atoms. The average Bonchev–Trinajstić information content (AvgIpc) is 2.14. The van der Waals surface area contributed by atoms with Gasteiger partial charge in [-0.2, -0.15) is 0 Å². The van der Waals surface area contributed by atoms with Crippen LogP contribution in [0.2, 0.25) is 0 Å². The molecule has 0 atom stereocenters. The minimum absolute atomic E-state index is 0.0117. The summed E-state index contributed by atoms with van der Waals surface area (Å²) in [5, 5.41) is 0. The number of hydrogen-bond acceptors (Lipinski definition) is 2. The second-order valence-electron chi connectivity index (χ2n) is 2.74. The molecule has 0 heterocycles. The van der Waals surface area contributed by atoms with Crippen LogP contribution < -0.4 is 4.74 Å². The highest BCUT2D eigenvalue weighted by Crippen LogP contribution is 2.16. The van der Waals surface area contributed by atoms with Gasteiger partial charge in [0.2, 0.25) is 0 Å². The molecule has 0 unspecified atom stereocenters. The number of alkyl halides is 1. The Morgan fingerprint density at radius 3 is 2.71 bits per heavy atom. The fraction of sp³-hybridized carbons (Fsp3) is 0.300. The van der Waals surface area contributed by atoms with E-state index in [0.717, 1.165) is 6.07 Å². The van der Waals surface area contributed by atoms with E-state index in [9.17, 15) is 13.6 Å². The van der Waals surface area contributed by atoms with Crippen molar-refractivity contribution in [1.29, 1.82) is 0 Å². The zero-order valence-electron chi connectivity index (χ0n) is 7.72. The van der Waals surface area contributed by atoms with E-state index in [1.54, 1.807) is 0 Å². The van der Waals surface area contributed by atoms with Crippen LogP contribution >= 0.6 is 0 Å². The van der Waals surface area contributed by atoms with E-state index in [4.69, 9.17) is 4.74 Å². The van der Waals surface area contributed by atoms with Gasteiger partial charge in [-0.15, -0.1) is 0 Å². The first-order valence-electron chi connectivity index (χ1n) is 4.14. The van der Waals surface area contributed by atoms with Crippen molar-refractivity contribution < 1.29 is 18.3 Å².